The van der Waals surface area contributed by atoms with Gasteiger partial charge in [-0.3, -0.25) is 9.11 Å². The fraction of sp³-hybridized carbons (Fsp3) is 0.391. The van der Waals surface area contributed by atoms with Crippen molar-refractivity contribution in [3.8, 4) is 11.1 Å². The first kappa shape index (κ1) is 28.5. The Kier molecular flexibility index (Phi) is 7.73. The Morgan fingerprint density at radius 1 is 0.946 bits per heavy atom. The molecule has 0 aliphatic heterocycles. The number of rotatable bonds is 8. The Morgan fingerprint density at radius 2 is 1.41 bits per heavy atom. The van der Waals surface area contributed by atoms with Crippen LogP contribution in [-0.2, 0) is 34.5 Å². The highest BCUT2D eigenvalue weighted by Crippen LogP contribution is 2.46. The molecule has 14 heteroatoms. The predicted molar refractivity (Wildman–Crippen MR) is 130 cm³/mol. The number of amides is 1. The SMILES string of the molecule is C[C@@H](OC(C)(C)C)[C@H](NC(=O)OCC1c2cc(S(=O)(=O)O)ccc2-c2ccc(S(=O)(=O)O)cc21)C(=O)O. The monoisotopic (exact) mass is 557 g/mol. The number of carboxylic acid groups (broad SMARTS) is 1. The number of fused-ring (bicyclic) bond motifs is 3. The molecule has 2 aromatic rings. The molecule has 0 radical (unpaired) electrons. The lowest BCUT2D eigenvalue weighted by atomic mass is 9.98. The summed E-state index contributed by atoms with van der Waals surface area (Å²) in [6.45, 7) is 6.18. The minimum absolute atomic E-state index is 0.310. The molecule has 1 aliphatic rings. The van der Waals surface area contributed by atoms with Crippen molar-refractivity contribution in [3.05, 3.63) is 47.5 Å². The molecule has 2 atom stereocenters. The number of hydrogen-bond acceptors (Lipinski definition) is 8. The summed E-state index contributed by atoms with van der Waals surface area (Å²) in [6, 6.07) is 6.04. The van der Waals surface area contributed by atoms with Crippen LogP contribution in [0.25, 0.3) is 11.1 Å². The fourth-order valence-electron chi connectivity index (χ4n) is 4.15. The number of carboxylic acids is 1. The summed E-state index contributed by atoms with van der Waals surface area (Å²) in [5.74, 6) is -2.26. The van der Waals surface area contributed by atoms with Crippen molar-refractivity contribution in [1.82, 2.24) is 5.32 Å². The molecule has 0 aromatic heterocycles. The molecule has 0 saturated carbocycles. The predicted octanol–water partition coefficient (Wildman–Crippen LogP) is 2.68. The molecule has 37 heavy (non-hydrogen) atoms. The Bertz CT molecular complexity index is 1360. The third-order valence-electron chi connectivity index (χ3n) is 5.61. The van der Waals surface area contributed by atoms with Gasteiger partial charge in [0, 0.05) is 5.92 Å². The third-order valence-corrected chi connectivity index (χ3v) is 7.31. The van der Waals surface area contributed by atoms with E-state index in [4.69, 9.17) is 9.47 Å². The van der Waals surface area contributed by atoms with E-state index in [1.165, 1.54) is 43.3 Å². The Balaban J connectivity index is 1.92. The zero-order chi connectivity index (χ0) is 27.9. The first-order valence-corrected chi connectivity index (χ1v) is 13.8. The van der Waals surface area contributed by atoms with Gasteiger partial charge < -0.3 is 19.9 Å². The number of nitrogens with one attached hydrogen (secondary N) is 1. The quantitative estimate of drug-likeness (QED) is 0.349. The minimum atomic E-state index is -4.58. The second-order valence-electron chi connectivity index (χ2n) is 9.49. The van der Waals surface area contributed by atoms with Crippen molar-refractivity contribution in [3.63, 3.8) is 0 Å². The summed E-state index contributed by atoms with van der Waals surface area (Å²) < 4.78 is 76.6. The van der Waals surface area contributed by atoms with Gasteiger partial charge in [-0.15, -0.1) is 0 Å². The summed E-state index contributed by atoms with van der Waals surface area (Å²) in [5, 5.41) is 11.8. The van der Waals surface area contributed by atoms with Crippen LogP contribution < -0.4 is 5.32 Å². The van der Waals surface area contributed by atoms with E-state index in [9.17, 15) is 40.6 Å². The largest absolute Gasteiger partial charge is 0.480 e. The molecule has 2 aromatic carbocycles. The van der Waals surface area contributed by atoms with Crippen molar-refractivity contribution >= 4 is 32.3 Å². The number of alkyl carbamates (subject to hydrolysis) is 1. The van der Waals surface area contributed by atoms with Crippen LogP contribution in [0.1, 0.15) is 44.7 Å². The molecule has 12 nitrogen and oxygen atoms in total. The summed E-state index contributed by atoms with van der Waals surface area (Å²) in [5.41, 5.74) is 0.919. The Morgan fingerprint density at radius 3 is 1.78 bits per heavy atom. The zero-order valence-corrected chi connectivity index (χ0v) is 22.0. The van der Waals surface area contributed by atoms with E-state index in [-0.39, 0.29) is 0 Å². The second kappa shape index (κ2) is 10.0. The van der Waals surface area contributed by atoms with Crippen LogP contribution in [0.2, 0.25) is 0 Å². The summed E-state index contributed by atoms with van der Waals surface area (Å²) in [7, 11) is -9.17. The van der Waals surface area contributed by atoms with Crippen molar-refractivity contribution in [2.24, 2.45) is 0 Å². The van der Waals surface area contributed by atoms with E-state index < -0.39 is 72.4 Å². The molecule has 0 bridgehead atoms. The number of aliphatic carboxylic acids is 1. The molecule has 0 spiro atoms. The number of carbonyl (C=O) groups excluding carboxylic acids is 1. The highest BCUT2D eigenvalue weighted by atomic mass is 32.2. The lowest BCUT2D eigenvalue weighted by Crippen LogP contribution is -2.50. The van der Waals surface area contributed by atoms with E-state index >= 15 is 0 Å². The highest BCUT2D eigenvalue weighted by Gasteiger charge is 2.34. The van der Waals surface area contributed by atoms with Gasteiger partial charge in [0.25, 0.3) is 20.2 Å². The average molecular weight is 558 g/mol. The molecule has 0 saturated heterocycles. The fourth-order valence-corrected chi connectivity index (χ4v) is 5.18. The number of hydrogen-bond donors (Lipinski definition) is 4. The number of ether oxygens (including phenoxy) is 2. The molecular formula is C23H27NO11S2. The van der Waals surface area contributed by atoms with E-state index in [1.54, 1.807) is 20.8 Å². The van der Waals surface area contributed by atoms with Gasteiger partial charge in [-0.2, -0.15) is 16.8 Å². The second-order valence-corrected chi connectivity index (χ2v) is 12.3. The van der Waals surface area contributed by atoms with Crippen molar-refractivity contribution in [2.75, 3.05) is 6.61 Å². The van der Waals surface area contributed by atoms with E-state index in [1.807, 2.05) is 0 Å². The Labute approximate surface area is 214 Å². The van der Waals surface area contributed by atoms with Crippen LogP contribution in [-0.4, -0.2) is 67.5 Å². The first-order chi connectivity index (χ1) is 16.9. The highest BCUT2D eigenvalue weighted by molar-refractivity contribution is 7.86. The summed E-state index contributed by atoms with van der Waals surface area (Å²) in [6.07, 6.45) is -2.03. The van der Waals surface area contributed by atoms with Gasteiger partial charge in [0.05, 0.1) is 21.5 Å². The Hall–Kier alpha value is -3.04. The van der Waals surface area contributed by atoms with Crippen molar-refractivity contribution in [1.29, 1.82) is 0 Å². The van der Waals surface area contributed by atoms with Crippen LogP contribution in [0.15, 0.2) is 46.2 Å². The minimum Gasteiger partial charge on any atom is -0.480 e. The van der Waals surface area contributed by atoms with Gasteiger partial charge in [-0.05, 0) is 74.2 Å². The van der Waals surface area contributed by atoms with Gasteiger partial charge >= 0.3 is 12.1 Å². The van der Waals surface area contributed by atoms with Crippen molar-refractivity contribution in [2.45, 2.75) is 61.2 Å². The lowest BCUT2D eigenvalue weighted by molar-refractivity contribution is -0.147. The van der Waals surface area contributed by atoms with Crippen LogP contribution >= 0.6 is 0 Å². The van der Waals surface area contributed by atoms with Crippen LogP contribution in [0.3, 0.4) is 0 Å². The van der Waals surface area contributed by atoms with Gasteiger partial charge in [-0.1, -0.05) is 12.1 Å². The summed E-state index contributed by atoms with van der Waals surface area (Å²) >= 11 is 0. The van der Waals surface area contributed by atoms with E-state index in [0.29, 0.717) is 22.3 Å². The standard InChI is InChI=1S/C23H27NO11S2/c1-12(35-23(2,3)4)20(21(25)26)24-22(27)34-11-19-17-9-13(36(28,29)30)5-7-15(17)16-8-6-14(10-18(16)19)37(31,32)33/h5-10,12,19-20H,11H2,1-4H3,(H,24,27)(H,25,26)(H,28,29,30)(H,31,32,33)/t12-,20+/m1/s1. The van der Waals surface area contributed by atoms with Crippen LogP contribution in [0.5, 0.6) is 0 Å². The molecule has 1 aliphatic carbocycles. The van der Waals surface area contributed by atoms with Crippen LogP contribution in [0, 0.1) is 0 Å². The van der Waals surface area contributed by atoms with Gasteiger partial charge in [0.15, 0.2) is 6.04 Å². The van der Waals surface area contributed by atoms with Gasteiger partial charge in [0.2, 0.25) is 0 Å². The maximum atomic E-state index is 12.5. The van der Waals surface area contributed by atoms with E-state index in [2.05, 4.69) is 5.32 Å². The van der Waals surface area contributed by atoms with E-state index in [0.717, 1.165) is 0 Å². The first-order valence-electron chi connectivity index (χ1n) is 11.0. The third kappa shape index (κ3) is 6.64. The number of carbonyl (C=O) groups is 2. The molecule has 0 heterocycles. The molecule has 0 fully saturated rings. The molecule has 4 N–H and O–H groups in total. The van der Waals surface area contributed by atoms with Gasteiger partial charge in [0.1, 0.15) is 6.61 Å². The lowest BCUT2D eigenvalue weighted by Gasteiger charge is -2.29. The molecule has 0 unspecified atom stereocenters. The van der Waals surface area contributed by atoms with Crippen LogP contribution in [0.4, 0.5) is 4.79 Å². The maximum Gasteiger partial charge on any atom is 0.407 e. The average Bonchev–Trinajstić information content (AvgIpc) is 3.05. The topological polar surface area (TPSA) is 194 Å². The number of benzene rings is 2. The van der Waals surface area contributed by atoms with Crippen molar-refractivity contribution < 1.29 is 50.1 Å². The zero-order valence-electron chi connectivity index (χ0n) is 20.3. The molecular weight excluding hydrogens is 530 g/mol. The normalized spacial score (nSPS) is 15.4. The van der Waals surface area contributed by atoms with Gasteiger partial charge in [-0.25, -0.2) is 9.59 Å². The maximum absolute atomic E-state index is 12.5. The molecule has 3 rings (SSSR count). The molecule has 202 valence electrons. The molecule has 1 amide bonds. The summed E-state index contributed by atoms with van der Waals surface area (Å²) in [4.78, 5) is 23.4. The smallest absolute Gasteiger partial charge is 0.407 e.